The van der Waals surface area contributed by atoms with E-state index in [0.717, 1.165) is 27.9 Å². The third-order valence-electron chi connectivity index (χ3n) is 4.83. The number of methoxy groups -OCH3 is 1. The maximum atomic E-state index is 12.7. The Labute approximate surface area is 180 Å². The summed E-state index contributed by atoms with van der Waals surface area (Å²) >= 11 is 0. The minimum atomic E-state index is -0.543. The average Bonchev–Trinajstić information content (AvgIpc) is 3.05. The van der Waals surface area contributed by atoms with Gasteiger partial charge >= 0.3 is 0 Å². The van der Waals surface area contributed by atoms with E-state index in [2.05, 4.69) is 20.9 Å². The van der Waals surface area contributed by atoms with Crippen molar-refractivity contribution in [2.24, 2.45) is 0 Å². The van der Waals surface area contributed by atoms with Crippen molar-refractivity contribution in [2.75, 3.05) is 23.5 Å². The molecule has 1 aromatic heterocycles. The normalized spacial score (nSPS) is 10.6. The number of nitrogens with one attached hydrogen (secondary N) is 2. The number of nitrogens with zero attached hydrogens (tertiary/aromatic N) is 3. The van der Waals surface area contributed by atoms with Gasteiger partial charge in [-0.15, -0.1) is 5.10 Å². The summed E-state index contributed by atoms with van der Waals surface area (Å²) in [5.74, 6) is -0.359. The van der Waals surface area contributed by atoms with E-state index in [-0.39, 0.29) is 24.0 Å². The lowest BCUT2D eigenvalue weighted by molar-refractivity contribution is -0.116. The van der Waals surface area contributed by atoms with Gasteiger partial charge in [0.05, 0.1) is 12.8 Å². The van der Waals surface area contributed by atoms with Crippen LogP contribution in [0.1, 0.15) is 32.7 Å². The highest BCUT2D eigenvalue weighted by Crippen LogP contribution is 2.26. The van der Waals surface area contributed by atoms with Crippen LogP contribution in [-0.4, -0.2) is 33.9 Å². The molecule has 9 nitrogen and oxygen atoms in total. The Kier molecular flexibility index (Phi) is 6.24. The van der Waals surface area contributed by atoms with E-state index in [9.17, 15) is 9.59 Å². The van der Waals surface area contributed by atoms with Crippen LogP contribution in [0.5, 0.6) is 5.75 Å². The number of aryl methyl sites for hydroxylation is 4. The van der Waals surface area contributed by atoms with Gasteiger partial charge in [0, 0.05) is 5.69 Å². The molecule has 4 N–H and O–H groups in total. The van der Waals surface area contributed by atoms with E-state index in [4.69, 9.17) is 10.5 Å². The van der Waals surface area contributed by atoms with Gasteiger partial charge in [0.15, 0.2) is 11.5 Å². The second-order valence-corrected chi connectivity index (χ2v) is 7.46. The predicted octanol–water partition coefficient (Wildman–Crippen LogP) is 2.99. The van der Waals surface area contributed by atoms with Gasteiger partial charge in [0.1, 0.15) is 12.3 Å². The van der Waals surface area contributed by atoms with Crippen LogP contribution in [0.15, 0.2) is 30.3 Å². The smallest absolute Gasteiger partial charge is 0.280 e. The van der Waals surface area contributed by atoms with Crippen LogP contribution >= 0.6 is 0 Å². The van der Waals surface area contributed by atoms with Gasteiger partial charge in [-0.2, -0.15) is 0 Å². The highest BCUT2D eigenvalue weighted by atomic mass is 16.5. The Hall–Kier alpha value is -3.88. The number of aromatic nitrogens is 3. The monoisotopic (exact) mass is 422 g/mol. The lowest BCUT2D eigenvalue weighted by atomic mass is 10.1. The topological polar surface area (TPSA) is 124 Å². The molecule has 3 rings (SSSR count). The van der Waals surface area contributed by atoms with Crippen LogP contribution in [0.4, 0.5) is 17.2 Å². The van der Waals surface area contributed by atoms with Crippen molar-refractivity contribution in [1.29, 1.82) is 0 Å². The molecule has 0 aliphatic carbocycles. The molecule has 0 saturated heterocycles. The number of carbonyl (C=O) groups excluding carboxylic acids is 2. The van der Waals surface area contributed by atoms with Crippen molar-refractivity contribution in [3.8, 4) is 5.75 Å². The molecule has 31 heavy (non-hydrogen) atoms. The highest BCUT2D eigenvalue weighted by molar-refractivity contribution is 6.06. The first kappa shape index (κ1) is 21.8. The molecule has 0 saturated carbocycles. The van der Waals surface area contributed by atoms with Crippen LogP contribution in [-0.2, 0) is 11.3 Å². The Morgan fingerprint density at radius 2 is 1.71 bits per heavy atom. The van der Waals surface area contributed by atoms with Crippen molar-refractivity contribution in [3.05, 3.63) is 58.3 Å². The van der Waals surface area contributed by atoms with Crippen molar-refractivity contribution >= 4 is 29.0 Å². The summed E-state index contributed by atoms with van der Waals surface area (Å²) in [6.45, 7) is 7.59. The SMILES string of the molecule is COc1ccc(C)cc1NC(=O)c1nnn(CC(=O)Nc2c(C)cc(C)cc2C)c1N. The van der Waals surface area contributed by atoms with E-state index in [1.807, 2.05) is 45.9 Å². The highest BCUT2D eigenvalue weighted by Gasteiger charge is 2.20. The van der Waals surface area contributed by atoms with Gasteiger partial charge in [-0.05, 0) is 56.5 Å². The molecule has 3 aromatic rings. The maximum Gasteiger partial charge on any atom is 0.280 e. The van der Waals surface area contributed by atoms with E-state index < -0.39 is 5.91 Å². The van der Waals surface area contributed by atoms with Gasteiger partial charge in [0.25, 0.3) is 5.91 Å². The number of rotatable bonds is 6. The molecule has 162 valence electrons. The quantitative estimate of drug-likeness (QED) is 0.561. The van der Waals surface area contributed by atoms with E-state index in [0.29, 0.717) is 11.4 Å². The molecule has 0 aliphatic rings. The Bertz CT molecular complexity index is 1130. The first-order chi connectivity index (χ1) is 14.7. The third kappa shape index (κ3) is 4.82. The molecular formula is C22H26N6O3. The Morgan fingerprint density at radius 3 is 2.35 bits per heavy atom. The van der Waals surface area contributed by atoms with Crippen molar-refractivity contribution < 1.29 is 14.3 Å². The molecule has 0 unspecified atom stereocenters. The molecule has 0 fully saturated rings. The number of amides is 2. The molecular weight excluding hydrogens is 396 g/mol. The fourth-order valence-electron chi connectivity index (χ4n) is 3.39. The third-order valence-corrected chi connectivity index (χ3v) is 4.83. The van der Waals surface area contributed by atoms with E-state index in [1.165, 1.54) is 11.8 Å². The van der Waals surface area contributed by atoms with E-state index in [1.54, 1.807) is 12.1 Å². The standard InChI is InChI=1S/C22H26N6O3/c1-12-6-7-17(31-5)16(10-12)24-22(30)20-21(23)28(27-26-20)11-18(29)25-19-14(3)8-13(2)9-15(19)4/h6-10H,11,23H2,1-5H3,(H,24,30)(H,25,29). The van der Waals surface area contributed by atoms with Crippen LogP contribution in [0.2, 0.25) is 0 Å². The summed E-state index contributed by atoms with van der Waals surface area (Å²) in [6, 6.07) is 9.39. The summed E-state index contributed by atoms with van der Waals surface area (Å²) < 4.78 is 6.46. The van der Waals surface area contributed by atoms with Gasteiger partial charge < -0.3 is 21.1 Å². The minimum Gasteiger partial charge on any atom is -0.495 e. The molecule has 0 bridgehead atoms. The van der Waals surface area contributed by atoms with Crippen LogP contribution in [0, 0.1) is 27.7 Å². The van der Waals surface area contributed by atoms with E-state index >= 15 is 0 Å². The molecule has 0 radical (unpaired) electrons. The lowest BCUT2D eigenvalue weighted by Crippen LogP contribution is -2.22. The minimum absolute atomic E-state index is 0.00313. The first-order valence-electron chi connectivity index (χ1n) is 9.72. The summed E-state index contributed by atoms with van der Waals surface area (Å²) in [7, 11) is 1.51. The second-order valence-electron chi connectivity index (χ2n) is 7.46. The fraction of sp³-hybridized carbons (Fsp3) is 0.273. The van der Waals surface area contributed by atoms with Gasteiger partial charge in [-0.3, -0.25) is 9.59 Å². The summed E-state index contributed by atoms with van der Waals surface area (Å²) in [5.41, 5.74) is 11.2. The van der Waals surface area contributed by atoms with Crippen LogP contribution in [0.25, 0.3) is 0 Å². The zero-order valence-corrected chi connectivity index (χ0v) is 18.2. The fourth-order valence-corrected chi connectivity index (χ4v) is 3.39. The largest absolute Gasteiger partial charge is 0.495 e. The number of nitrogen functional groups attached to an aromatic ring is 1. The first-order valence-corrected chi connectivity index (χ1v) is 9.72. The average molecular weight is 422 g/mol. The lowest BCUT2D eigenvalue weighted by Gasteiger charge is -2.13. The molecule has 2 aromatic carbocycles. The number of benzene rings is 2. The number of nitrogens with two attached hydrogens (primary N) is 1. The number of hydrogen-bond donors (Lipinski definition) is 3. The second kappa shape index (κ2) is 8.86. The molecule has 9 heteroatoms. The van der Waals surface area contributed by atoms with Crippen molar-refractivity contribution in [2.45, 2.75) is 34.2 Å². The molecule has 0 spiro atoms. The zero-order valence-electron chi connectivity index (χ0n) is 18.2. The Morgan fingerprint density at radius 1 is 1.03 bits per heavy atom. The van der Waals surface area contributed by atoms with Gasteiger partial charge in [-0.25, -0.2) is 4.68 Å². The maximum absolute atomic E-state index is 12.7. The number of ether oxygens (including phenoxy) is 1. The van der Waals surface area contributed by atoms with Crippen LogP contribution < -0.4 is 21.1 Å². The van der Waals surface area contributed by atoms with Crippen molar-refractivity contribution in [3.63, 3.8) is 0 Å². The zero-order chi connectivity index (χ0) is 22.7. The molecule has 0 atom stereocenters. The number of carbonyl (C=O) groups is 2. The summed E-state index contributed by atoms with van der Waals surface area (Å²) in [4.78, 5) is 25.2. The van der Waals surface area contributed by atoms with Gasteiger partial charge in [0.2, 0.25) is 5.91 Å². The van der Waals surface area contributed by atoms with Crippen LogP contribution in [0.3, 0.4) is 0 Å². The molecule has 2 amide bonds. The van der Waals surface area contributed by atoms with Gasteiger partial charge in [-0.1, -0.05) is 29.0 Å². The summed E-state index contributed by atoms with van der Waals surface area (Å²) in [6.07, 6.45) is 0. The van der Waals surface area contributed by atoms with Crippen molar-refractivity contribution in [1.82, 2.24) is 15.0 Å². The Balaban J connectivity index is 1.74. The summed E-state index contributed by atoms with van der Waals surface area (Å²) in [5, 5.41) is 13.3. The number of hydrogen-bond acceptors (Lipinski definition) is 6. The number of anilines is 3. The predicted molar refractivity (Wildman–Crippen MR) is 119 cm³/mol. The molecule has 0 aliphatic heterocycles. The molecule has 1 heterocycles.